The van der Waals surface area contributed by atoms with Crippen LogP contribution in [-0.2, 0) is 10.0 Å². The van der Waals surface area contributed by atoms with Crippen molar-refractivity contribution < 1.29 is 22.0 Å². The Hall–Kier alpha value is -2.46. The molecule has 2 rings (SSSR count). The zero-order valence-electron chi connectivity index (χ0n) is 10.2. The molecule has 0 bridgehead atoms. The molecule has 1 aromatic carbocycles. The van der Waals surface area contributed by atoms with Crippen LogP contribution in [-0.4, -0.2) is 24.3 Å². The lowest BCUT2D eigenvalue weighted by Crippen LogP contribution is -2.42. The molecule has 21 heavy (non-hydrogen) atoms. The average molecular weight is 314 g/mol. The van der Waals surface area contributed by atoms with E-state index < -0.39 is 32.5 Å². The lowest BCUT2D eigenvalue weighted by atomic mass is 10.3. The van der Waals surface area contributed by atoms with Gasteiger partial charge in [-0.25, -0.2) is 22.2 Å². The van der Waals surface area contributed by atoms with E-state index in [0.717, 1.165) is 24.4 Å². The van der Waals surface area contributed by atoms with Crippen LogP contribution in [0.5, 0.6) is 0 Å². The van der Waals surface area contributed by atoms with E-state index in [1.165, 1.54) is 12.4 Å². The third-order valence-electron chi connectivity index (χ3n) is 2.28. The van der Waals surface area contributed by atoms with Crippen LogP contribution in [0, 0.1) is 11.6 Å². The molecule has 2 N–H and O–H groups in total. The molecule has 0 aliphatic heterocycles. The SMILES string of the molecule is O=C(NNS(=O)(=O)c1c(F)cccc1F)c1cnccn1. The van der Waals surface area contributed by atoms with E-state index in [-0.39, 0.29) is 5.69 Å². The first-order chi connectivity index (χ1) is 9.92. The molecule has 1 aromatic heterocycles. The number of nitrogens with one attached hydrogen (secondary N) is 2. The fraction of sp³-hybridized carbons (Fsp3) is 0. The van der Waals surface area contributed by atoms with Crippen molar-refractivity contribution in [2.24, 2.45) is 0 Å². The number of halogens is 2. The van der Waals surface area contributed by atoms with Crippen molar-refractivity contribution in [2.45, 2.75) is 4.90 Å². The van der Waals surface area contributed by atoms with Crippen molar-refractivity contribution >= 4 is 15.9 Å². The van der Waals surface area contributed by atoms with Gasteiger partial charge in [-0.1, -0.05) is 6.07 Å². The Balaban J connectivity index is 2.18. The van der Waals surface area contributed by atoms with Crippen molar-refractivity contribution in [3.8, 4) is 0 Å². The first-order valence-electron chi connectivity index (χ1n) is 5.44. The number of hydrogen-bond donors (Lipinski definition) is 2. The number of carbonyl (C=O) groups is 1. The number of aromatic nitrogens is 2. The summed E-state index contributed by atoms with van der Waals surface area (Å²) in [5.41, 5.74) is 1.61. The molecule has 2 aromatic rings. The van der Waals surface area contributed by atoms with Gasteiger partial charge in [-0.15, -0.1) is 4.83 Å². The number of nitrogens with zero attached hydrogens (tertiary/aromatic N) is 2. The number of hydrazine groups is 1. The van der Waals surface area contributed by atoms with Gasteiger partial charge in [0, 0.05) is 12.4 Å². The Morgan fingerprint density at radius 2 is 1.81 bits per heavy atom. The Kier molecular flexibility index (Phi) is 4.19. The highest BCUT2D eigenvalue weighted by atomic mass is 32.2. The topological polar surface area (TPSA) is 101 Å². The molecule has 0 fully saturated rings. The predicted octanol–water partition coefficient (Wildman–Crippen LogP) is 0.378. The minimum absolute atomic E-state index is 0.172. The van der Waals surface area contributed by atoms with E-state index in [9.17, 15) is 22.0 Å². The first kappa shape index (κ1) is 14.9. The van der Waals surface area contributed by atoms with E-state index in [1.807, 2.05) is 0 Å². The van der Waals surface area contributed by atoms with Crippen molar-refractivity contribution in [1.29, 1.82) is 0 Å². The molecule has 1 heterocycles. The average Bonchev–Trinajstić information content (AvgIpc) is 2.45. The fourth-order valence-electron chi connectivity index (χ4n) is 1.38. The number of amides is 1. The normalized spacial score (nSPS) is 11.1. The Labute approximate surface area is 118 Å². The fourth-order valence-corrected chi connectivity index (χ4v) is 2.36. The Morgan fingerprint density at radius 1 is 1.14 bits per heavy atom. The molecule has 7 nitrogen and oxygen atoms in total. The van der Waals surface area contributed by atoms with Crippen LogP contribution in [0.3, 0.4) is 0 Å². The first-order valence-corrected chi connectivity index (χ1v) is 6.92. The van der Waals surface area contributed by atoms with Gasteiger partial charge in [0.1, 0.15) is 17.3 Å². The standard InChI is InChI=1S/C11H8F2N4O3S/c12-7-2-1-3-8(13)10(7)21(19,20)17-16-11(18)9-6-14-4-5-15-9/h1-6,17H,(H,16,18). The van der Waals surface area contributed by atoms with Crippen molar-refractivity contribution in [1.82, 2.24) is 20.2 Å². The van der Waals surface area contributed by atoms with E-state index in [0.29, 0.717) is 0 Å². The van der Waals surface area contributed by atoms with Crippen LogP contribution in [0.4, 0.5) is 8.78 Å². The maximum atomic E-state index is 13.4. The molecular formula is C11H8F2N4O3S. The summed E-state index contributed by atoms with van der Waals surface area (Å²) in [4.78, 5) is 19.2. The highest BCUT2D eigenvalue weighted by Crippen LogP contribution is 2.17. The highest BCUT2D eigenvalue weighted by molar-refractivity contribution is 7.89. The van der Waals surface area contributed by atoms with E-state index in [2.05, 4.69) is 9.97 Å². The number of hydrogen-bond acceptors (Lipinski definition) is 5. The van der Waals surface area contributed by atoms with Gasteiger partial charge in [0.25, 0.3) is 15.9 Å². The zero-order chi connectivity index (χ0) is 15.5. The quantitative estimate of drug-likeness (QED) is 0.795. The molecule has 1 amide bonds. The zero-order valence-corrected chi connectivity index (χ0v) is 11.1. The van der Waals surface area contributed by atoms with Gasteiger partial charge in [-0.2, -0.15) is 0 Å². The Morgan fingerprint density at radius 3 is 2.38 bits per heavy atom. The van der Waals surface area contributed by atoms with E-state index in [4.69, 9.17) is 0 Å². The maximum Gasteiger partial charge on any atom is 0.286 e. The van der Waals surface area contributed by atoms with Crippen molar-refractivity contribution in [3.05, 3.63) is 54.1 Å². The van der Waals surface area contributed by atoms with Gasteiger partial charge in [0.05, 0.1) is 6.20 Å². The summed E-state index contributed by atoms with van der Waals surface area (Å²) in [6.45, 7) is 0. The molecule has 0 atom stereocenters. The van der Waals surface area contributed by atoms with Gasteiger partial charge < -0.3 is 0 Å². The van der Waals surface area contributed by atoms with Gasteiger partial charge in [0.15, 0.2) is 4.90 Å². The largest absolute Gasteiger partial charge is 0.286 e. The van der Waals surface area contributed by atoms with Gasteiger partial charge in [-0.3, -0.25) is 15.2 Å². The molecule has 0 saturated heterocycles. The Bertz CT molecular complexity index is 748. The molecule has 0 spiro atoms. The molecular weight excluding hydrogens is 306 g/mol. The van der Waals surface area contributed by atoms with Gasteiger partial charge in [-0.05, 0) is 12.1 Å². The summed E-state index contributed by atoms with van der Waals surface area (Å²) in [6, 6.07) is 2.58. The van der Waals surface area contributed by atoms with Gasteiger partial charge >= 0.3 is 0 Å². The highest BCUT2D eigenvalue weighted by Gasteiger charge is 2.24. The minimum atomic E-state index is -4.60. The lowest BCUT2D eigenvalue weighted by molar-refractivity contribution is 0.0939. The second-order valence-electron chi connectivity index (χ2n) is 3.70. The molecule has 0 aliphatic rings. The van der Waals surface area contributed by atoms with Crippen LogP contribution in [0.2, 0.25) is 0 Å². The summed E-state index contributed by atoms with van der Waals surface area (Å²) in [5.74, 6) is -3.49. The summed E-state index contributed by atoms with van der Waals surface area (Å²) >= 11 is 0. The molecule has 110 valence electrons. The van der Waals surface area contributed by atoms with Gasteiger partial charge in [0.2, 0.25) is 0 Å². The van der Waals surface area contributed by atoms with E-state index >= 15 is 0 Å². The monoisotopic (exact) mass is 314 g/mol. The smallest absolute Gasteiger partial charge is 0.272 e. The summed E-state index contributed by atoms with van der Waals surface area (Å²) in [7, 11) is -4.60. The van der Waals surface area contributed by atoms with Crippen LogP contribution < -0.4 is 10.3 Å². The van der Waals surface area contributed by atoms with Crippen molar-refractivity contribution in [2.75, 3.05) is 0 Å². The van der Waals surface area contributed by atoms with Crippen LogP contribution in [0.25, 0.3) is 0 Å². The molecule has 0 aliphatic carbocycles. The lowest BCUT2D eigenvalue weighted by Gasteiger charge is -2.09. The summed E-state index contributed by atoms with van der Waals surface area (Å²) in [6.07, 6.45) is 3.63. The number of sulfonamides is 1. The van der Waals surface area contributed by atoms with Crippen molar-refractivity contribution in [3.63, 3.8) is 0 Å². The summed E-state index contributed by atoms with van der Waals surface area (Å²) in [5, 5.41) is 0. The molecule has 0 unspecified atom stereocenters. The van der Waals surface area contributed by atoms with Crippen LogP contribution in [0.15, 0.2) is 41.7 Å². The van der Waals surface area contributed by atoms with Crippen LogP contribution in [0.1, 0.15) is 10.5 Å². The number of benzene rings is 1. The third kappa shape index (κ3) is 3.35. The molecule has 0 saturated carbocycles. The van der Waals surface area contributed by atoms with Crippen LogP contribution >= 0.6 is 0 Å². The third-order valence-corrected chi connectivity index (χ3v) is 3.58. The maximum absolute atomic E-state index is 13.4. The molecule has 10 heteroatoms. The predicted molar refractivity (Wildman–Crippen MR) is 66.2 cm³/mol. The van der Waals surface area contributed by atoms with E-state index in [1.54, 1.807) is 10.3 Å². The molecule has 0 radical (unpaired) electrons. The summed E-state index contributed by atoms with van der Waals surface area (Å²) < 4.78 is 50.3. The second kappa shape index (κ2) is 5.89. The number of rotatable bonds is 4. The number of carbonyl (C=O) groups excluding carboxylic acids is 1. The minimum Gasteiger partial charge on any atom is -0.272 e. The second-order valence-corrected chi connectivity index (χ2v) is 5.32.